The summed E-state index contributed by atoms with van der Waals surface area (Å²) >= 11 is 7.69. The van der Waals surface area contributed by atoms with Crippen molar-refractivity contribution >= 4 is 38.7 Å². The van der Waals surface area contributed by atoms with Crippen LogP contribution in [0.15, 0.2) is 30.5 Å². The highest BCUT2D eigenvalue weighted by Gasteiger charge is 2.33. The number of aryl methyl sites for hydroxylation is 1. The third-order valence-corrected chi connectivity index (χ3v) is 7.71. The highest BCUT2D eigenvalue weighted by molar-refractivity contribution is 7.91. The summed E-state index contributed by atoms with van der Waals surface area (Å²) in [7, 11) is -3.36. The number of benzene rings is 1. The summed E-state index contributed by atoms with van der Waals surface area (Å²) in [5, 5.41) is 0.709. The van der Waals surface area contributed by atoms with Gasteiger partial charge < -0.3 is 4.90 Å². The van der Waals surface area contributed by atoms with E-state index in [1.807, 2.05) is 6.92 Å². The summed E-state index contributed by atoms with van der Waals surface area (Å²) in [6.45, 7) is 2.52. The molecular weight excluding hydrogens is 380 g/mol. The second-order valence-electron chi connectivity index (χ2n) is 6.07. The minimum absolute atomic E-state index is 0.0453. The van der Waals surface area contributed by atoms with Gasteiger partial charge in [-0.1, -0.05) is 29.8 Å². The van der Waals surface area contributed by atoms with Crippen LogP contribution >= 0.6 is 22.9 Å². The predicted molar refractivity (Wildman–Crippen MR) is 99.7 cm³/mol. The summed E-state index contributed by atoms with van der Waals surface area (Å²) in [6, 6.07) is 7.02. The number of aromatic nitrogens is 1. The number of nitrogens with zero attached hydrogens (tertiary/aromatic N) is 2. The van der Waals surface area contributed by atoms with Gasteiger partial charge in [-0.2, -0.15) is 0 Å². The largest absolute Gasteiger partial charge is 0.341 e. The van der Waals surface area contributed by atoms with Crippen LogP contribution in [0.4, 0.5) is 0 Å². The van der Waals surface area contributed by atoms with E-state index >= 15 is 0 Å². The first-order chi connectivity index (χ1) is 11.9. The quantitative estimate of drug-likeness (QED) is 0.796. The van der Waals surface area contributed by atoms with Gasteiger partial charge in [0.2, 0.25) is 5.91 Å². The average molecular weight is 399 g/mol. The molecule has 0 spiro atoms. The van der Waals surface area contributed by atoms with Crippen molar-refractivity contribution in [2.75, 3.05) is 18.8 Å². The lowest BCUT2D eigenvalue weighted by Gasteiger charge is -2.19. The molecule has 0 aliphatic carbocycles. The second-order valence-corrected chi connectivity index (χ2v) is 10.1. The molecule has 1 aliphatic heterocycles. The van der Waals surface area contributed by atoms with E-state index in [1.54, 1.807) is 35.4 Å². The van der Waals surface area contributed by atoms with E-state index in [9.17, 15) is 13.2 Å². The molecule has 1 aromatic heterocycles. The zero-order chi connectivity index (χ0) is 18.0. The standard InChI is InChI=1S/C17H19ClN2O3S2/c1-12-19-11-13(24-12)10-17(21)20-7-6-16(25(22,23)9-8-20)14-4-2-3-5-15(14)18/h2-5,11,16H,6-10H2,1H3/t16-/m1/s1. The predicted octanol–water partition coefficient (Wildman–Crippen LogP) is 3.04. The Bertz CT molecular complexity index is 880. The fourth-order valence-electron chi connectivity index (χ4n) is 3.03. The van der Waals surface area contributed by atoms with Gasteiger partial charge in [0.1, 0.15) is 0 Å². The molecule has 8 heteroatoms. The van der Waals surface area contributed by atoms with E-state index < -0.39 is 15.1 Å². The van der Waals surface area contributed by atoms with Crippen molar-refractivity contribution in [3.8, 4) is 0 Å². The molecule has 2 aromatic rings. The van der Waals surface area contributed by atoms with E-state index in [-0.39, 0.29) is 24.6 Å². The minimum atomic E-state index is -3.36. The van der Waals surface area contributed by atoms with Gasteiger partial charge in [0.05, 0.1) is 22.4 Å². The van der Waals surface area contributed by atoms with Crippen molar-refractivity contribution in [1.82, 2.24) is 9.88 Å². The van der Waals surface area contributed by atoms with Crippen LogP contribution in [0.1, 0.15) is 27.1 Å². The normalized spacial score (nSPS) is 20.2. The van der Waals surface area contributed by atoms with Crippen LogP contribution in [-0.2, 0) is 21.1 Å². The molecule has 1 aromatic carbocycles. The number of carbonyl (C=O) groups is 1. The van der Waals surface area contributed by atoms with Crippen molar-refractivity contribution in [3.05, 3.63) is 50.9 Å². The Morgan fingerprint density at radius 2 is 2.12 bits per heavy atom. The maximum absolute atomic E-state index is 12.7. The first-order valence-corrected chi connectivity index (χ1v) is 10.9. The summed E-state index contributed by atoms with van der Waals surface area (Å²) in [5.74, 6) is -0.102. The molecule has 1 saturated heterocycles. The van der Waals surface area contributed by atoms with Gasteiger partial charge in [-0.15, -0.1) is 11.3 Å². The zero-order valence-corrected chi connectivity index (χ0v) is 16.2. The summed E-state index contributed by atoms with van der Waals surface area (Å²) in [5.41, 5.74) is 0.622. The lowest BCUT2D eigenvalue weighted by Crippen LogP contribution is -2.34. The lowest BCUT2D eigenvalue weighted by molar-refractivity contribution is -0.130. The number of sulfone groups is 1. The number of amides is 1. The number of hydrogen-bond donors (Lipinski definition) is 0. The minimum Gasteiger partial charge on any atom is -0.341 e. The molecule has 0 radical (unpaired) electrons. The topological polar surface area (TPSA) is 67.3 Å². The molecule has 0 unspecified atom stereocenters. The van der Waals surface area contributed by atoms with Crippen LogP contribution < -0.4 is 0 Å². The summed E-state index contributed by atoms with van der Waals surface area (Å²) < 4.78 is 25.4. The van der Waals surface area contributed by atoms with Gasteiger partial charge in [-0.05, 0) is 25.0 Å². The molecule has 0 saturated carbocycles. The Kier molecular flexibility index (Phi) is 5.46. The maximum Gasteiger partial charge on any atom is 0.227 e. The Labute approximate surface area is 156 Å². The Balaban J connectivity index is 1.76. The number of carbonyl (C=O) groups excluding carboxylic acids is 1. The van der Waals surface area contributed by atoms with Crippen molar-refractivity contribution < 1.29 is 13.2 Å². The first-order valence-electron chi connectivity index (χ1n) is 8.02. The highest BCUT2D eigenvalue weighted by Crippen LogP contribution is 2.34. The number of halogens is 1. The van der Waals surface area contributed by atoms with Crippen molar-refractivity contribution in [3.63, 3.8) is 0 Å². The van der Waals surface area contributed by atoms with Crippen LogP contribution in [0, 0.1) is 6.92 Å². The van der Waals surface area contributed by atoms with E-state index in [0.717, 1.165) is 9.88 Å². The lowest BCUT2D eigenvalue weighted by atomic mass is 10.1. The van der Waals surface area contributed by atoms with E-state index in [1.165, 1.54) is 11.3 Å². The fourth-order valence-corrected chi connectivity index (χ4v) is 5.96. The van der Waals surface area contributed by atoms with Crippen molar-refractivity contribution in [2.24, 2.45) is 0 Å². The number of hydrogen-bond acceptors (Lipinski definition) is 5. The van der Waals surface area contributed by atoms with Gasteiger partial charge in [-0.3, -0.25) is 4.79 Å². The number of thiazole rings is 1. The molecule has 1 amide bonds. The van der Waals surface area contributed by atoms with E-state index in [2.05, 4.69) is 4.98 Å². The van der Waals surface area contributed by atoms with Crippen LogP contribution in [0.2, 0.25) is 5.02 Å². The van der Waals surface area contributed by atoms with Gasteiger partial charge >= 0.3 is 0 Å². The Morgan fingerprint density at radius 3 is 2.80 bits per heavy atom. The third-order valence-electron chi connectivity index (χ3n) is 4.34. The summed E-state index contributed by atoms with van der Waals surface area (Å²) in [4.78, 5) is 19.2. The van der Waals surface area contributed by atoms with Gasteiger partial charge in [0.25, 0.3) is 0 Å². The number of rotatable bonds is 3. The maximum atomic E-state index is 12.7. The zero-order valence-electron chi connectivity index (χ0n) is 13.8. The summed E-state index contributed by atoms with van der Waals surface area (Å²) in [6.07, 6.45) is 2.33. The molecule has 25 heavy (non-hydrogen) atoms. The van der Waals surface area contributed by atoms with Gasteiger partial charge in [-0.25, -0.2) is 13.4 Å². The second kappa shape index (κ2) is 7.43. The average Bonchev–Trinajstić information content (AvgIpc) is 2.88. The van der Waals surface area contributed by atoms with E-state index in [0.29, 0.717) is 23.6 Å². The molecule has 1 atom stereocenters. The monoisotopic (exact) mass is 398 g/mol. The molecule has 0 N–H and O–H groups in total. The van der Waals surface area contributed by atoms with Crippen LogP contribution in [0.25, 0.3) is 0 Å². The molecule has 0 bridgehead atoms. The van der Waals surface area contributed by atoms with Crippen LogP contribution in [-0.4, -0.2) is 43.1 Å². The van der Waals surface area contributed by atoms with Gasteiger partial charge in [0, 0.05) is 29.2 Å². The molecule has 1 aliphatic rings. The third kappa shape index (κ3) is 4.22. The van der Waals surface area contributed by atoms with Crippen molar-refractivity contribution in [1.29, 1.82) is 0 Å². The fraction of sp³-hybridized carbons (Fsp3) is 0.412. The highest BCUT2D eigenvalue weighted by atomic mass is 35.5. The van der Waals surface area contributed by atoms with Gasteiger partial charge in [0.15, 0.2) is 9.84 Å². The molecule has 1 fully saturated rings. The Morgan fingerprint density at radius 1 is 1.36 bits per heavy atom. The SMILES string of the molecule is Cc1ncc(CC(=O)N2CC[C@H](c3ccccc3Cl)S(=O)(=O)CC2)s1. The molecule has 3 rings (SSSR count). The Hall–Kier alpha value is -1.44. The van der Waals surface area contributed by atoms with Crippen molar-refractivity contribution in [2.45, 2.75) is 25.0 Å². The molecule has 134 valence electrons. The molecule has 2 heterocycles. The molecule has 5 nitrogen and oxygen atoms in total. The smallest absolute Gasteiger partial charge is 0.227 e. The first kappa shape index (κ1) is 18.4. The van der Waals surface area contributed by atoms with Crippen LogP contribution in [0.3, 0.4) is 0 Å². The van der Waals surface area contributed by atoms with E-state index in [4.69, 9.17) is 11.6 Å². The molecular formula is C17H19ClN2O3S2. The van der Waals surface area contributed by atoms with Crippen LogP contribution in [0.5, 0.6) is 0 Å².